The minimum absolute atomic E-state index is 0.0183. The highest BCUT2D eigenvalue weighted by atomic mass is 16.5. The van der Waals surface area contributed by atoms with Crippen LogP contribution in [0.25, 0.3) is 22.4 Å². The Morgan fingerprint density at radius 3 is 2.66 bits per heavy atom. The van der Waals surface area contributed by atoms with Crippen molar-refractivity contribution in [1.29, 1.82) is 0 Å². The van der Waals surface area contributed by atoms with Crippen molar-refractivity contribution >= 4 is 16.8 Å². The number of carbonyl (C=O) groups excluding carboxylic acids is 1. The fourth-order valence-electron chi connectivity index (χ4n) is 4.05. The Morgan fingerprint density at radius 1 is 1.10 bits per heavy atom. The van der Waals surface area contributed by atoms with Crippen LogP contribution in [0.3, 0.4) is 0 Å². The van der Waals surface area contributed by atoms with E-state index < -0.39 is 0 Å². The molecule has 1 aliphatic heterocycles. The second-order valence-corrected chi connectivity index (χ2v) is 7.52. The molecule has 0 bridgehead atoms. The highest BCUT2D eigenvalue weighted by Gasteiger charge is 2.30. The molecule has 0 atom stereocenters. The number of aromatic nitrogens is 5. The summed E-state index contributed by atoms with van der Waals surface area (Å²) in [5, 5.41) is 9.49. The largest absolute Gasteiger partial charge is 0.348 e. The maximum Gasteiger partial charge on any atom is 0.275 e. The lowest BCUT2D eigenvalue weighted by Crippen LogP contribution is -2.38. The van der Waals surface area contributed by atoms with Crippen molar-refractivity contribution in [2.75, 3.05) is 13.1 Å². The first-order chi connectivity index (χ1) is 14.1. The molecule has 0 radical (unpaired) electrons. The van der Waals surface area contributed by atoms with Crippen molar-refractivity contribution in [2.24, 2.45) is 14.1 Å². The van der Waals surface area contributed by atoms with Gasteiger partial charge in [0.25, 0.3) is 5.91 Å². The van der Waals surface area contributed by atoms with Crippen LogP contribution in [-0.4, -0.2) is 48.4 Å². The molecule has 4 heterocycles. The lowest BCUT2D eigenvalue weighted by atomic mass is 9.96. The van der Waals surface area contributed by atoms with Crippen LogP contribution in [0.15, 0.2) is 47.1 Å². The number of likely N-dealkylation sites (tertiary alicyclic amines) is 1. The third-order valence-corrected chi connectivity index (χ3v) is 5.71. The third kappa shape index (κ3) is 3.00. The molecule has 5 rings (SSSR count). The molecule has 0 N–H and O–H groups in total. The molecule has 1 aromatic carbocycles. The van der Waals surface area contributed by atoms with Crippen LogP contribution in [0.4, 0.5) is 0 Å². The van der Waals surface area contributed by atoms with Gasteiger partial charge in [-0.2, -0.15) is 10.1 Å². The molecule has 4 aromatic rings. The molecule has 1 fully saturated rings. The molecule has 8 heteroatoms. The molecule has 1 saturated heterocycles. The Labute approximate surface area is 167 Å². The summed E-state index contributed by atoms with van der Waals surface area (Å²) in [7, 11) is 3.82. The van der Waals surface area contributed by atoms with Crippen molar-refractivity contribution in [3.8, 4) is 11.5 Å². The fourth-order valence-corrected chi connectivity index (χ4v) is 4.05. The van der Waals surface area contributed by atoms with Crippen LogP contribution in [0.1, 0.15) is 35.1 Å². The first-order valence-corrected chi connectivity index (χ1v) is 9.78. The van der Waals surface area contributed by atoms with Crippen LogP contribution < -0.4 is 0 Å². The smallest absolute Gasteiger partial charge is 0.275 e. The highest BCUT2D eigenvalue weighted by Crippen LogP contribution is 2.30. The average Bonchev–Trinajstić information content (AvgIpc) is 3.47. The highest BCUT2D eigenvalue weighted by molar-refractivity contribution is 6.04. The number of nitrogens with zero attached hydrogens (tertiary/aromatic N) is 6. The normalized spacial score (nSPS) is 15.3. The zero-order chi connectivity index (χ0) is 20.0. The van der Waals surface area contributed by atoms with E-state index in [1.54, 1.807) is 4.68 Å². The van der Waals surface area contributed by atoms with E-state index in [9.17, 15) is 4.79 Å². The second-order valence-electron chi connectivity index (χ2n) is 7.52. The maximum absolute atomic E-state index is 13.1. The standard InChI is InChI=1S/C21H22N6O2/c1-25-11-5-8-17(25)19-22-20(29-24-19)14-9-12-27(13-10-14)21(28)18-15-6-3-4-7-16(15)26(2)23-18/h3-8,11,14H,9-10,12-13H2,1-2H3. The Bertz CT molecular complexity index is 1180. The number of amides is 1. The van der Waals surface area contributed by atoms with E-state index in [4.69, 9.17) is 4.52 Å². The van der Waals surface area contributed by atoms with E-state index in [0.717, 1.165) is 29.4 Å². The number of rotatable bonds is 3. The molecule has 29 heavy (non-hydrogen) atoms. The van der Waals surface area contributed by atoms with Gasteiger partial charge in [0.05, 0.1) is 11.2 Å². The molecule has 1 aliphatic rings. The lowest BCUT2D eigenvalue weighted by molar-refractivity contribution is 0.0699. The molecule has 0 spiro atoms. The van der Waals surface area contributed by atoms with Crippen LogP contribution in [-0.2, 0) is 14.1 Å². The maximum atomic E-state index is 13.1. The molecule has 148 valence electrons. The van der Waals surface area contributed by atoms with Crippen LogP contribution in [0.2, 0.25) is 0 Å². The second kappa shape index (κ2) is 6.88. The van der Waals surface area contributed by atoms with Crippen molar-refractivity contribution < 1.29 is 9.32 Å². The van der Waals surface area contributed by atoms with E-state index in [0.29, 0.717) is 30.5 Å². The molecule has 0 saturated carbocycles. The minimum atomic E-state index is -0.0183. The molecule has 0 aliphatic carbocycles. The number of aryl methyl sites for hydroxylation is 2. The van der Waals surface area contributed by atoms with Crippen molar-refractivity contribution in [1.82, 2.24) is 29.4 Å². The van der Waals surface area contributed by atoms with Gasteiger partial charge in [0, 0.05) is 44.7 Å². The van der Waals surface area contributed by atoms with Gasteiger partial charge in [0.1, 0.15) is 0 Å². The van der Waals surface area contributed by atoms with Gasteiger partial charge in [-0.05, 0) is 31.0 Å². The third-order valence-electron chi connectivity index (χ3n) is 5.71. The first kappa shape index (κ1) is 17.7. The summed E-state index contributed by atoms with van der Waals surface area (Å²) in [6.45, 7) is 1.30. The molecular weight excluding hydrogens is 368 g/mol. The predicted octanol–water partition coefficient (Wildman–Crippen LogP) is 2.98. The summed E-state index contributed by atoms with van der Waals surface area (Å²) in [5.41, 5.74) is 2.41. The molecule has 1 amide bonds. The zero-order valence-corrected chi connectivity index (χ0v) is 16.4. The number of piperidine rings is 1. The molecule has 3 aromatic heterocycles. The Hall–Kier alpha value is -3.42. The van der Waals surface area contributed by atoms with Gasteiger partial charge in [0.2, 0.25) is 11.7 Å². The van der Waals surface area contributed by atoms with Crippen LogP contribution >= 0.6 is 0 Å². The van der Waals surface area contributed by atoms with Gasteiger partial charge in [-0.15, -0.1) is 0 Å². The average molecular weight is 390 g/mol. The Morgan fingerprint density at radius 2 is 1.90 bits per heavy atom. The van der Waals surface area contributed by atoms with Crippen molar-refractivity contribution in [3.05, 3.63) is 54.2 Å². The van der Waals surface area contributed by atoms with Gasteiger partial charge < -0.3 is 14.0 Å². The Kier molecular flexibility index (Phi) is 4.19. The number of carbonyl (C=O) groups is 1. The number of hydrogen-bond donors (Lipinski definition) is 0. The fraction of sp³-hybridized carbons (Fsp3) is 0.333. The molecule has 0 unspecified atom stereocenters. The Balaban J connectivity index is 1.30. The first-order valence-electron chi connectivity index (χ1n) is 9.78. The van der Waals surface area contributed by atoms with Crippen molar-refractivity contribution in [2.45, 2.75) is 18.8 Å². The summed E-state index contributed by atoms with van der Waals surface area (Å²) >= 11 is 0. The predicted molar refractivity (Wildman–Crippen MR) is 107 cm³/mol. The van der Waals surface area contributed by atoms with Crippen LogP contribution in [0.5, 0.6) is 0 Å². The van der Waals surface area contributed by atoms with Crippen molar-refractivity contribution in [3.63, 3.8) is 0 Å². The van der Waals surface area contributed by atoms with Gasteiger partial charge in [-0.25, -0.2) is 0 Å². The summed E-state index contributed by atoms with van der Waals surface area (Å²) in [5.74, 6) is 1.40. The number of para-hydroxylation sites is 1. The quantitative estimate of drug-likeness (QED) is 0.537. The minimum Gasteiger partial charge on any atom is -0.348 e. The van der Waals surface area contributed by atoms with Gasteiger partial charge in [-0.3, -0.25) is 9.48 Å². The monoisotopic (exact) mass is 390 g/mol. The number of fused-ring (bicyclic) bond motifs is 1. The van der Waals surface area contributed by atoms with E-state index in [1.165, 1.54) is 0 Å². The van der Waals surface area contributed by atoms with Gasteiger partial charge in [-0.1, -0.05) is 23.4 Å². The van der Waals surface area contributed by atoms with Gasteiger partial charge in [0.15, 0.2) is 5.69 Å². The molecule has 8 nitrogen and oxygen atoms in total. The van der Waals surface area contributed by atoms with E-state index in [1.807, 2.05) is 66.2 Å². The summed E-state index contributed by atoms with van der Waals surface area (Å²) in [6, 6.07) is 11.7. The molecular formula is C21H22N6O2. The van der Waals surface area contributed by atoms with Gasteiger partial charge >= 0.3 is 0 Å². The van der Waals surface area contributed by atoms with E-state index in [-0.39, 0.29) is 11.8 Å². The summed E-state index contributed by atoms with van der Waals surface area (Å²) in [4.78, 5) is 19.5. The number of hydrogen-bond acceptors (Lipinski definition) is 5. The summed E-state index contributed by atoms with van der Waals surface area (Å²) < 4.78 is 9.26. The van der Waals surface area contributed by atoms with E-state index in [2.05, 4.69) is 15.2 Å². The van der Waals surface area contributed by atoms with E-state index >= 15 is 0 Å². The number of benzene rings is 1. The van der Waals surface area contributed by atoms with Crippen LogP contribution in [0, 0.1) is 0 Å². The zero-order valence-electron chi connectivity index (χ0n) is 16.4. The SMILES string of the molecule is Cn1cccc1-c1noc(C2CCN(C(=O)c3nn(C)c4ccccc34)CC2)n1. The topological polar surface area (TPSA) is 82.0 Å². The summed E-state index contributed by atoms with van der Waals surface area (Å²) in [6.07, 6.45) is 3.55. The lowest BCUT2D eigenvalue weighted by Gasteiger charge is -2.29.